The second-order valence-corrected chi connectivity index (χ2v) is 1.41. The van der Waals surface area contributed by atoms with Crippen molar-refractivity contribution in [3.05, 3.63) is 18.0 Å². The van der Waals surface area contributed by atoms with Crippen LogP contribution < -0.4 is 0 Å². The maximum absolute atomic E-state index is 4.75. The zero-order chi connectivity index (χ0) is 5.82. The lowest BCUT2D eigenvalue weighted by atomic mass is 10.5. The number of aromatic nitrogens is 1. The molecule has 52 valence electrons. The zero-order valence-corrected chi connectivity index (χ0v) is 4.63. The minimum Gasteiger partial charge on any atom is -0.377 e. The minimum absolute atomic E-state index is 0. The zero-order valence-electron chi connectivity index (χ0n) is 4.63. The summed E-state index contributed by atoms with van der Waals surface area (Å²) in [5, 5.41) is 3.49. The Morgan fingerprint density at radius 2 is 2.56 bits per heavy atom. The number of rotatable bonds is 2. The van der Waals surface area contributed by atoms with Crippen LogP contribution in [0.5, 0.6) is 0 Å². The molecule has 0 N–H and O–H groups in total. The monoisotopic (exact) mass is 129 g/mol. The Hall–Kier alpha value is -0.830. The topological polar surface area (TPSA) is 35.3 Å². The summed E-state index contributed by atoms with van der Waals surface area (Å²) in [4.78, 5) is 0. The summed E-state index contributed by atoms with van der Waals surface area (Å²) in [5.41, 5.74) is 0. The van der Waals surface area contributed by atoms with Gasteiger partial charge in [-0.05, 0) is 0 Å². The van der Waals surface area contributed by atoms with Gasteiger partial charge in [-0.1, -0.05) is 12.6 Å². The van der Waals surface area contributed by atoms with Crippen LogP contribution in [0, 0.1) is 0 Å². The highest BCUT2D eigenvalue weighted by molar-refractivity contribution is 4.89. The van der Waals surface area contributed by atoms with Crippen LogP contribution in [0.4, 0.5) is 0 Å². The van der Waals surface area contributed by atoms with Crippen molar-refractivity contribution < 1.29 is 9.26 Å². The summed E-state index contributed by atoms with van der Waals surface area (Å²) in [6.45, 7) is 0.500. The van der Waals surface area contributed by atoms with Gasteiger partial charge in [0.2, 0.25) is 0 Å². The van der Waals surface area contributed by atoms with Crippen LogP contribution in [0.1, 0.15) is 13.2 Å². The van der Waals surface area contributed by atoms with Gasteiger partial charge in [0.15, 0.2) is 5.76 Å². The van der Waals surface area contributed by atoms with Crippen molar-refractivity contribution in [1.82, 2.24) is 5.16 Å². The van der Waals surface area contributed by atoms with E-state index < -0.39 is 0 Å². The lowest BCUT2D eigenvalue weighted by Gasteiger charge is -1.86. The largest absolute Gasteiger partial charge is 0.377 e. The van der Waals surface area contributed by atoms with Crippen molar-refractivity contribution in [3.63, 3.8) is 0 Å². The number of methoxy groups -OCH3 is 1. The molecule has 9 heavy (non-hydrogen) atoms. The lowest BCUT2D eigenvalue weighted by Crippen LogP contribution is -1.81. The van der Waals surface area contributed by atoms with Crippen LogP contribution in [-0.2, 0) is 11.3 Å². The molecule has 0 atom stereocenters. The smallest absolute Gasteiger partial charge is 0.162 e. The molecule has 0 aliphatic carbocycles. The summed E-state index contributed by atoms with van der Waals surface area (Å²) >= 11 is 0. The fraction of sp³-hybridized carbons (Fsp3) is 0.500. The van der Waals surface area contributed by atoms with E-state index in [4.69, 9.17) is 9.26 Å². The van der Waals surface area contributed by atoms with E-state index in [2.05, 4.69) is 5.16 Å². The van der Waals surface area contributed by atoms with E-state index in [-0.39, 0.29) is 7.43 Å². The Kier molecular flexibility index (Phi) is 3.71. The second-order valence-electron chi connectivity index (χ2n) is 1.41. The Morgan fingerprint density at radius 1 is 1.78 bits per heavy atom. The van der Waals surface area contributed by atoms with E-state index in [0.29, 0.717) is 6.61 Å². The van der Waals surface area contributed by atoms with E-state index in [1.807, 2.05) is 0 Å². The van der Waals surface area contributed by atoms with Gasteiger partial charge in [-0.25, -0.2) is 0 Å². The molecule has 0 spiro atoms. The van der Waals surface area contributed by atoms with Crippen LogP contribution in [-0.4, -0.2) is 12.3 Å². The molecule has 3 heteroatoms. The molecule has 0 saturated heterocycles. The molecule has 0 aliphatic rings. The third-order valence-corrected chi connectivity index (χ3v) is 0.778. The van der Waals surface area contributed by atoms with Gasteiger partial charge < -0.3 is 9.26 Å². The Labute approximate surface area is 54.6 Å². The average Bonchev–Trinajstić information content (AvgIpc) is 2.19. The summed E-state index contributed by atoms with van der Waals surface area (Å²) in [6, 6.07) is 1.77. The maximum atomic E-state index is 4.75. The number of hydrogen-bond donors (Lipinski definition) is 0. The molecular weight excluding hydrogens is 118 g/mol. The van der Waals surface area contributed by atoms with Gasteiger partial charge in [-0.2, -0.15) is 0 Å². The van der Waals surface area contributed by atoms with Crippen LogP contribution in [0.2, 0.25) is 0 Å². The first kappa shape index (κ1) is 8.17. The first-order chi connectivity index (χ1) is 3.93. The van der Waals surface area contributed by atoms with E-state index in [1.54, 1.807) is 19.4 Å². The first-order valence-corrected chi connectivity index (χ1v) is 2.32. The average molecular weight is 129 g/mol. The second kappa shape index (κ2) is 4.09. The van der Waals surface area contributed by atoms with Gasteiger partial charge in [0, 0.05) is 13.2 Å². The fourth-order valence-corrected chi connectivity index (χ4v) is 0.459. The van der Waals surface area contributed by atoms with Crippen molar-refractivity contribution in [3.8, 4) is 0 Å². The van der Waals surface area contributed by atoms with Crippen molar-refractivity contribution in [2.24, 2.45) is 0 Å². The number of ether oxygens (including phenoxy) is 1. The van der Waals surface area contributed by atoms with Gasteiger partial charge in [-0.15, -0.1) is 0 Å². The highest BCUT2D eigenvalue weighted by atomic mass is 16.5. The predicted molar refractivity (Wildman–Crippen MR) is 33.9 cm³/mol. The molecule has 0 fully saturated rings. The standard InChI is InChI=1S/C5H7NO2.CH4/c1-7-4-5-2-3-6-8-5;/h2-3H,4H2,1H3;1H4. The Morgan fingerprint density at radius 3 is 3.00 bits per heavy atom. The molecule has 0 bridgehead atoms. The molecule has 3 nitrogen and oxygen atoms in total. The third kappa shape index (κ3) is 2.28. The SMILES string of the molecule is C.COCc1ccno1. The molecule has 0 unspecified atom stereocenters. The molecular formula is C6H11NO2. The third-order valence-electron chi connectivity index (χ3n) is 0.778. The van der Waals surface area contributed by atoms with Crippen molar-refractivity contribution in [2.75, 3.05) is 7.11 Å². The van der Waals surface area contributed by atoms with E-state index in [0.717, 1.165) is 5.76 Å². The van der Waals surface area contributed by atoms with Gasteiger partial charge in [0.25, 0.3) is 0 Å². The predicted octanol–water partition coefficient (Wildman–Crippen LogP) is 1.46. The molecule has 1 aromatic heterocycles. The summed E-state index contributed by atoms with van der Waals surface area (Å²) in [6.07, 6.45) is 1.59. The van der Waals surface area contributed by atoms with Crippen LogP contribution in [0.25, 0.3) is 0 Å². The molecule has 0 aromatic carbocycles. The maximum Gasteiger partial charge on any atom is 0.162 e. The summed E-state index contributed by atoms with van der Waals surface area (Å²) in [5.74, 6) is 0.757. The highest BCUT2D eigenvalue weighted by Gasteiger charge is 1.91. The van der Waals surface area contributed by atoms with E-state index >= 15 is 0 Å². The fourth-order valence-electron chi connectivity index (χ4n) is 0.459. The van der Waals surface area contributed by atoms with Crippen molar-refractivity contribution in [2.45, 2.75) is 14.0 Å². The van der Waals surface area contributed by atoms with E-state index in [1.165, 1.54) is 0 Å². The molecule has 1 aromatic rings. The normalized spacial score (nSPS) is 8.56. The summed E-state index contributed by atoms with van der Waals surface area (Å²) in [7, 11) is 1.61. The Bertz CT molecular complexity index is 137. The molecule has 0 saturated carbocycles. The quantitative estimate of drug-likeness (QED) is 0.606. The van der Waals surface area contributed by atoms with E-state index in [9.17, 15) is 0 Å². The Balaban J connectivity index is 0.000000640. The summed E-state index contributed by atoms with van der Waals surface area (Å²) < 4.78 is 9.45. The minimum atomic E-state index is 0. The number of hydrogen-bond acceptors (Lipinski definition) is 3. The van der Waals surface area contributed by atoms with Crippen molar-refractivity contribution in [1.29, 1.82) is 0 Å². The van der Waals surface area contributed by atoms with Crippen molar-refractivity contribution >= 4 is 0 Å². The van der Waals surface area contributed by atoms with Crippen LogP contribution >= 0.6 is 0 Å². The van der Waals surface area contributed by atoms with Gasteiger partial charge in [0.1, 0.15) is 6.61 Å². The molecule has 1 rings (SSSR count). The molecule has 1 heterocycles. The number of nitrogens with zero attached hydrogens (tertiary/aromatic N) is 1. The van der Waals surface area contributed by atoms with Gasteiger partial charge >= 0.3 is 0 Å². The van der Waals surface area contributed by atoms with Gasteiger partial charge in [-0.3, -0.25) is 0 Å². The first-order valence-electron chi connectivity index (χ1n) is 2.32. The lowest BCUT2D eigenvalue weighted by molar-refractivity contribution is 0.156. The van der Waals surface area contributed by atoms with Crippen LogP contribution in [0.3, 0.4) is 0 Å². The molecule has 0 aliphatic heterocycles. The highest BCUT2D eigenvalue weighted by Crippen LogP contribution is 1.95. The van der Waals surface area contributed by atoms with Crippen LogP contribution in [0.15, 0.2) is 16.8 Å². The molecule has 0 amide bonds. The molecule has 0 radical (unpaired) electrons. The van der Waals surface area contributed by atoms with Gasteiger partial charge in [0.05, 0.1) is 6.20 Å².